The lowest BCUT2D eigenvalue weighted by molar-refractivity contribution is -0.0452. The van der Waals surface area contributed by atoms with E-state index in [9.17, 15) is 0 Å². The predicted molar refractivity (Wildman–Crippen MR) is 74.0 cm³/mol. The van der Waals surface area contributed by atoms with E-state index in [1.54, 1.807) is 4.68 Å². The van der Waals surface area contributed by atoms with Crippen LogP contribution in [0.15, 0.2) is 6.20 Å². The highest BCUT2D eigenvalue weighted by molar-refractivity contribution is 4.98. The number of hydrogen-bond donors (Lipinski definition) is 1. The van der Waals surface area contributed by atoms with Gasteiger partial charge in [0.2, 0.25) is 0 Å². The van der Waals surface area contributed by atoms with Crippen LogP contribution in [0.4, 0.5) is 0 Å². The molecular formula is C13H25N5O. The van der Waals surface area contributed by atoms with Crippen molar-refractivity contribution in [3.63, 3.8) is 0 Å². The highest BCUT2D eigenvalue weighted by Crippen LogP contribution is 2.12. The second-order valence-corrected chi connectivity index (χ2v) is 5.19. The molecule has 0 aromatic carbocycles. The van der Waals surface area contributed by atoms with E-state index >= 15 is 0 Å². The van der Waals surface area contributed by atoms with Gasteiger partial charge in [-0.3, -0.25) is 9.58 Å². The van der Waals surface area contributed by atoms with Gasteiger partial charge >= 0.3 is 0 Å². The fourth-order valence-electron chi connectivity index (χ4n) is 2.63. The van der Waals surface area contributed by atoms with E-state index in [2.05, 4.69) is 27.5 Å². The van der Waals surface area contributed by atoms with Crippen molar-refractivity contribution in [3.8, 4) is 0 Å². The van der Waals surface area contributed by atoms with E-state index in [1.165, 1.54) is 6.42 Å². The summed E-state index contributed by atoms with van der Waals surface area (Å²) in [4.78, 5) is 2.48. The Labute approximate surface area is 115 Å². The topological polar surface area (TPSA) is 55.2 Å². The lowest BCUT2D eigenvalue weighted by Crippen LogP contribution is -2.52. The second-order valence-electron chi connectivity index (χ2n) is 5.19. The maximum atomic E-state index is 5.93. The molecule has 1 fully saturated rings. The van der Waals surface area contributed by atoms with Crippen LogP contribution in [0.1, 0.15) is 19.0 Å². The maximum absolute atomic E-state index is 5.93. The number of rotatable bonds is 6. The highest BCUT2D eigenvalue weighted by Gasteiger charge is 2.27. The number of aromatic nitrogens is 3. The van der Waals surface area contributed by atoms with Crippen molar-refractivity contribution >= 4 is 0 Å². The van der Waals surface area contributed by atoms with Gasteiger partial charge in [0.15, 0.2) is 0 Å². The van der Waals surface area contributed by atoms with Gasteiger partial charge in [0.25, 0.3) is 0 Å². The molecule has 2 unspecified atom stereocenters. The van der Waals surface area contributed by atoms with Gasteiger partial charge in [-0.05, 0) is 20.0 Å². The normalized spacial score (nSPS) is 22.6. The Morgan fingerprint density at radius 2 is 2.42 bits per heavy atom. The molecule has 2 heterocycles. The monoisotopic (exact) mass is 267 g/mol. The van der Waals surface area contributed by atoms with E-state index in [1.807, 2.05) is 20.3 Å². The summed E-state index contributed by atoms with van der Waals surface area (Å²) in [5, 5.41) is 11.5. The van der Waals surface area contributed by atoms with Crippen molar-refractivity contribution in [2.24, 2.45) is 7.05 Å². The van der Waals surface area contributed by atoms with Crippen LogP contribution < -0.4 is 5.32 Å². The van der Waals surface area contributed by atoms with Gasteiger partial charge in [-0.15, -0.1) is 5.10 Å². The van der Waals surface area contributed by atoms with Gasteiger partial charge in [0.1, 0.15) is 0 Å². The van der Waals surface area contributed by atoms with Crippen molar-refractivity contribution in [3.05, 3.63) is 11.9 Å². The average Bonchev–Trinajstić information content (AvgIpc) is 2.82. The number of morpholine rings is 1. The first-order valence-electron chi connectivity index (χ1n) is 7.09. The van der Waals surface area contributed by atoms with Gasteiger partial charge < -0.3 is 10.1 Å². The number of nitrogens with one attached hydrogen (secondary N) is 1. The van der Waals surface area contributed by atoms with Gasteiger partial charge in [0, 0.05) is 38.8 Å². The summed E-state index contributed by atoms with van der Waals surface area (Å²) < 4.78 is 7.67. The van der Waals surface area contributed by atoms with Crippen molar-refractivity contribution in [1.82, 2.24) is 25.2 Å². The Kier molecular flexibility index (Phi) is 5.30. The lowest BCUT2D eigenvalue weighted by atomic mass is 10.0. The molecule has 2 atom stereocenters. The summed E-state index contributed by atoms with van der Waals surface area (Å²) in [5.41, 5.74) is 1.01. The SMILES string of the molecule is CCCN1CCOC(C(Cc2cn(C)nn2)NC)C1. The van der Waals surface area contributed by atoms with Crippen molar-refractivity contribution in [2.45, 2.75) is 31.9 Å². The molecule has 0 saturated carbocycles. The summed E-state index contributed by atoms with van der Waals surface area (Å²) in [6, 6.07) is 0.288. The Bertz CT molecular complexity index is 379. The van der Waals surface area contributed by atoms with Crippen molar-refractivity contribution in [1.29, 1.82) is 0 Å². The number of likely N-dealkylation sites (N-methyl/N-ethyl adjacent to an activating group) is 1. The first-order chi connectivity index (χ1) is 9.22. The minimum absolute atomic E-state index is 0.229. The highest BCUT2D eigenvalue weighted by atomic mass is 16.5. The van der Waals surface area contributed by atoms with Crippen LogP contribution in [0, 0.1) is 0 Å². The Morgan fingerprint density at radius 3 is 3.05 bits per heavy atom. The van der Waals surface area contributed by atoms with Gasteiger partial charge in [0.05, 0.1) is 18.4 Å². The second kappa shape index (κ2) is 6.98. The van der Waals surface area contributed by atoms with Gasteiger partial charge in [-0.25, -0.2) is 0 Å². The molecule has 0 aliphatic carbocycles. The molecule has 1 aliphatic heterocycles. The van der Waals surface area contributed by atoms with E-state index < -0.39 is 0 Å². The van der Waals surface area contributed by atoms with Crippen LogP contribution in [0.5, 0.6) is 0 Å². The largest absolute Gasteiger partial charge is 0.374 e. The number of nitrogens with zero attached hydrogens (tertiary/aromatic N) is 4. The molecule has 6 heteroatoms. The zero-order chi connectivity index (χ0) is 13.7. The van der Waals surface area contributed by atoms with Crippen LogP contribution in [0.3, 0.4) is 0 Å². The Hall–Kier alpha value is -0.980. The molecule has 1 aliphatic rings. The predicted octanol–water partition coefficient (Wildman–Crippen LogP) is 0.0564. The van der Waals surface area contributed by atoms with Crippen LogP contribution in [0.25, 0.3) is 0 Å². The van der Waals surface area contributed by atoms with E-state index in [0.29, 0.717) is 0 Å². The third-order valence-electron chi connectivity index (χ3n) is 3.62. The standard InChI is InChI=1S/C13H25N5O/c1-4-5-18-6-7-19-13(10-18)12(14-2)8-11-9-17(3)16-15-11/h9,12-14H,4-8,10H2,1-3H3. The number of hydrogen-bond acceptors (Lipinski definition) is 5. The van der Waals surface area contributed by atoms with Crippen molar-refractivity contribution in [2.75, 3.05) is 33.3 Å². The van der Waals surface area contributed by atoms with Crippen LogP contribution in [0.2, 0.25) is 0 Å². The molecule has 1 aromatic rings. The van der Waals surface area contributed by atoms with E-state index in [-0.39, 0.29) is 12.1 Å². The van der Waals surface area contributed by atoms with E-state index in [4.69, 9.17) is 4.74 Å². The van der Waals surface area contributed by atoms with Gasteiger partial charge in [-0.2, -0.15) is 0 Å². The molecule has 0 spiro atoms. The molecule has 0 bridgehead atoms. The zero-order valence-electron chi connectivity index (χ0n) is 12.2. The molecule has 19 heavy (non-hydrogen) atoms. The Morgan fingerprint density at radius 1 is 1.58 bits per heavy atom. The van der Waals surface area contributed by atoms with Crippen LogP contribution in [-0.2, 0) is 18.2 Å². The van der Waals surface area contributed by atoms with Crippen LogP contribution in [-0.4, -0.2) is 65.3 Å². The molecule has 108 valence electrons. The quantitative estimate of drug-likeness (QED) is 0.790. The Balaban J connectivity index is 1.92. The van der Waals surface area contributed by atoms with Crippen molar-refractivity contribution < 1.29 is 4.74 Å². The maximum Gasteiger partial charge on any atom is 0.0859 e. The minimum atomic E-state index is 0.229. The zero-order valence-corrected chi connectivity index (χ0v) is 12.2. The van der Waals surface area contributed by atoms with Crippen LogP contribution >= 0.6 is 0 Å². The summed E-state index contributed by atoms with van der Waals surface area (Å²) in [6.07, 6.45) is 4.25. The summed E-state index contributed by atoms with van der Waals surface area (Å²) in [6.45, 7) is 6.25. The third-order valence-corrected chi connectivity index (χ3v) is 3.62. The number of ether oxygens (including phenoxy) is 1. The summed E-state index contributed by atoms with van der Waals surface area (Å²) in [5.74, 6) is 0. The molecule has 6 nitrogen and oxygen atoms in total. The average molecular weight is 267 g/mol. The summed E-state index contributed by atoms with van der Waals surface area (Å²) in [7, 11) is 3.88. The summed E-state index contributed by atoms with van der Waals surface area (Å²) >= 11 is 0. The minimum Gasteiger partial charge on any atom is -0.374 e. The fourth-order valence-corrected chi connectivity index (χ4v) is 2.63. The lowest BCUT2D eigenvalue weighted by Gasteiger charge is -2.36. The molecular weight excluding hydrogens is 242 g/mol. The smallest absolute Gasteiger partial charge is 0.0859 e. The first-order valence-corrected chi connectivity index (χ1v) is 7.09. The molecule has 0 radical (unpaired) electrons. The third kappa shape index (κ3) is 3.99. The molecule has 0 amide bonds. The molecule has 1 saturated heterocycles. The first kappa shape index (κ1) is 14.4. The van der Waals surface area contributed by atoms with E-state index in [0.717, 1.165) is 38.4 Å². The fraction of sp³-hybridized carbons (Fsp3) is 0.846. The number of aryl methyl sites for hydroxylation is 1. The molecule has 1 N–H and O–H groups in total. The van der Waals surface area contributed by atoms with Gasteiger partial charge in [-0.1, -0.05) is 12.1 Å². The molecule has 1 aromatic heterocycles. The molecule has 2 rings (SSSR count).